The Labute approximate surface area is 199 Å². The number of ether oxygens (including phenoxy) is 1. The van der Waals surface area contributed by atoms with Crippen molar-refractivity contribution in [3.05, 3.63) is 76.7 Å². The van der Waals surface area contributed by atoms with E-state index in [0.717, 1.165) is 22.2 Å². The molecule has 0 saturated carbocycles. The van der Waals surface area contributed by atoms with Crippen LogP contribution < -0.4 is 15.5 Å². The third-order valence-corrected chi connectivity index (χ3v) is 6.64. The van der Waals surface area contributed by atoms with Crippen molar-refractivity contribution in [2.24, 2.45) is 5.10 Å². The molecule has 0 bridgehead atoms. The summed E-state index contributed by atoms with van der Waals surface area (Å²) < 4.78 is 12.1. The Morgan fingerprint density at radius 2 is 1.88 bits per heavy atom. The van der Waals surface area contributed by atoms with Crippen molar-refractivity contribution in [3.63, 3.8) is 0 Å². The van der Waals surface area contributed by atoms with Crippen LogP contribution in [0.4, 0.5) is 5.13 Å². The molecule has 2 aromatic heterocycles. The molecule has 1 aliphatic rings. The minimum Gasteiger partial charge on any atom is -0.497 e. The molecule has 172 valence electrons. The number of methoxy groups -OCH3 is 1. The van der Waals surface area contributed by atoms with Crippen molar-refractivity contribution in [1.29, 1.82) is 0 Å². The fourth-order valence-electron chi connectivity index (χ4n) is 4.00. The van der Waals surface area contributed by atoms with Gasteiger partial charge in [0.25, 0.3) is 11.8 Å². The maximum atomic E-state index is 13.0. The number of aryl methyl sites for hydroxylation is 1. The van der Waals surface area contributed by atoms with E-state index in [2.05, 4.69) is 20.8 Å². The van der Waals surface area contributed by atoms with Crippen LogP contribution in [-0.4, -0.2) is 29.6 Å². The van der Waals surface area contributed by atoms with Gasteiger partial charge in [0.1, 0.15) is 11.5 Å². The lowest BCUT2D eigenvalue weighted by molar-refractivity contribution is 0.0953. The number of furan rings is 1. The highest BCUT2D eigenvalue weighted by Crippen LogP contribution is 2.31. The van der Waals surface area contributed by atoms with Gasteiger partial charge >= 0.3 is 0 Å². The maximum Gasteiger partial charge on any atom is 0.293 e. The highest BCUT2D eigenvalue weighted by Gasteiger charge is 2.28. The molecule has 0 atom stereocenters. The fraction of sp³-hybridized carbons (Fsp3) is 0.200. The van der Waals surface area contributed by atoms with Crippen LogP contribution in [0.5, 0.6) is 5.75 Å². The summed E-state index contributed by atoms with van der Waals surface area (Å²) in [6, 6.07) is 14.5. The van der Waals surface area contributed by atoms with Crippen molar-refractivity contribution in [2.45, 2.75) is 26.2 Å². The number of aromatic nitrogens is 1. The number of amides is 2. The summed E-state index contributed by atoms with van der Waals surface area (Å²) in [6.07, 6.45) is 2.20. The van der Waals surface area contributed by atoms with E-state index in [1.165, 1.54) is 11.3 Å². The summed E-state index contributed by atoms with van der Waals surface area (Å²) in [5, 5.41) is 7.74. The highest BCUT2D eigenvalue weighted by molar-refractivity contribution is 7.22. The van der Waals surface area contributed by atoms with Gasteiger partial charge in [-0.1, -0.05) is 23.5 Å². The second-order valence-corrected chi connectivity index (χ2v) is 8.91. The standard InChI is InChI=1S/C25H22N4O4S/c1-14-21-18(28-29-23(30)15-10-12-16(32-2)13-11-15)7-5-8-19(21)33-22(14)24(31)27-25-26-17-6-3-4-9-20(17)34-25/h3-4,6,9-13H,5,7-8H2,1-2H3,(H,29,30)(H,26,27,31)/b28-18+. The van der Waals surface area contributed by atoms with E-state index in [9.17, 15) is 9.59 Å². The van der Waals surface area contributed by atoms with Crippen LogP contribution in [0.1, 0.15) is 50.6 Å². The van der Waals surface area contributed by atoms with Crippen molar-refractivity contribution < 1.29 is 18.7 Å². The Bertz CT molecular complexity index is 1390. The molecule has 0 fully saturated rings. The molecule has 8 nitrogen and oxygen atoms in total. The minimum atomic E-state index is -0.354. The van der Waals surface area contributed by atoms with E-state index in [4.69, 9.17) is 9.15 Å². The number of nitrogens with one attached hydrogen (secondary N) is 2. The first-order valence-electron chi connectivity index (χ1n) is 10.8. The number of carbonyl (C=O) groups excluding carboxylic acids is 2. The molecule has 2 N–H and O–H groups in total. The summed E-state index contributed by atoms with van der Waals surface area (Å²) >= 11 is 1.41. The van der Waals surface area contributed by atoms with E-state index >= 15 is 0 Å². The number of hydrogen-bond donors (Lipinski definition) is 2. The molecular weight excluding hydrogens is 452 g/mol. The molecule has 4 aromatic rings. The number of hydrogen-bond acceptors (Lipinski definition) is 7. The number of thiazole rings is 1. The zero-order valence-corrected chi connectivity index (χ0v) is 19.5. The number of benzene rings is 2. The van der Waals surface area contributed by atoms with Crippen LogP contribution in [0.15, 0.2) is 58.0 Å². The van der Waals surface area contributed by atoms with Gasteiger partial charge in [0.2, 0.25) is 0 Å². The summed E-state index contributed by atoms with van der Waals surface area (Å²) in [6.45, 7) is 1.84. The largest absolute Gasteiger partial charge is 0.497 e. The lowest BCUT2D eigenvalue weighted by atomic mass is 9.93. The molecule has 0 unspecified atom stereocenters. The van der Waals surface area contributed by atoms with Crippen LogP contribution in [0.3, 0.4) is 0 Å². The van der Waals surface area contributed by atoms with Gasteiger partial charge in [0.05, 0.1) is 23.0 Å². The molecular formula is C25H22N4O4S. The van der Waals surface area contributed by atoms with Crippen molar-refractivity contribution in [2.75, 3.05) is 12.4 Å². The van der Waals surface area contributed by atoms with Crippen LogP contribution >= 0.6 is 11.3 Å². The Balaban J connectivity index is 1.36. The second-order valence-electron chi connectivity index (χ2n) is 7.88. The Morgan fingerprint density at radius 3 is 2.65 bits per heavy atom. The maximum absolute atomic E-state index is 13.0. The van der Waals surface area contributed by atoms with E-state index in [1.54, 1.807) is 31.4 Å². The fourth-order valence-corrected chi connectivity index (χ4v) is 4.86. The van der Waals surface area contributed by atoms with Gasteiger partial charge < -0.3 is 9.15 Å². The molecule has 2 heterocycles. The molecule has 0 spiro atoms. The topological polar surface area (TPSA) is 106 Å². The van der Waals surface area contributed by atoms with Gasteiger partial charge in [0, 0.05) is 23.1 Å². The van der Waals surface area contributed by atoms with Crippen molar-refractivity contribution >= 4 is 44.2 Å². The van der Waals surface area contributed by atoms with Crippen molar-refractivity contribution in [1.82, 2.24) is 10.4 Å². The van der Waals surface area contributed by atoms with Crippen LogP contribution in [0.2, 0.25) is 0 Å². The molecule has 0 radical (unpaired) electrons. The summed E-state index contributed by atoms with van der Waals surface area (Å²) in [4.78, 5) is 30.0. The SMILES string of the molecule is COc1ccc(C(=O)N/N=C2\CCCc3oc(C(=O)Nc4nc5ccccc5s4)c(C)c32)cc1. The molecule has 2 aromatic carbocycles. The number of hydrazone groups is 1. The Morgan fingerprint density at radius 1 is 1.09 bits per heavy atom. The summed E-state index contributed by atoms with van der Waals surface area (Å²) in [5.74, 6) is 0.936. The predicted octanol–water partition coefficient (Wildman–Crippen LogP) is 4.93. The van der Waals surface area contributed by atoms with Crippen molar-refractivity contribution in [3.8, 4) is 5.75 Å². The number of para-hydroxylation sites is 1. The molecule has 34 heavy (non-hydrogen) atoms. The van der Waals surface area contributed by atoms with Gasteiger partial charge in [-0.05, 0) is 56.2 Å². The minimum absolute atomic E-state index is 0.236. The monoisotopic (exact) mass is 474 g/mol. The highest BCUT2D eigenvalue weighted by atomic mass is 32.1. The zero-order valence-electron chi connectivity index (χ0n) is 18.7. The summed E-state index contributed by atoms with van der Waals surface area (Å²) in [7, 11) is 1.57. The number of anilines is 1. The average Bonchev–Trinajstić information content (AvgIpc) is 3.43. The van der Waals surface area contributed by atoms with Gasteiger partial charge in [-0.3, -0.25) is 14.9 Å². The van der Waals surface area contributed by atoms with Gasteiger partial charge in [0.15, 0.2) is 10.9 Å². The number of carbonyl (C=O) groups is 2. The molecule has 2 amide bonds. The lowest BCUT2D eigenvalue weighted by Crippen LogP contribution is -2.22. The molecule has 1 aliphatic carbocycles. The van der Waals surface area contributed by atoms with Crippen LogP contribution in [-0.2, 0) is 6.42 Å². The average molecular weight is 475 g/mol. The molecule has 0 aliphatic heterocycles. The van der Waals surface area contributed by atoms with Crippen LogP contribution in [0.25, 0.3) is 10.2 Å². The third-order valence-electron chi connectivity index (χ3n) is 5.69. The van der Waals surface area contributed by atoms with E-state index in [1.807, 2.05) is 31.2 Å². The molecule has 5 rings (SSSR count). The first-order chi connectivity index (χ1) is 16.5. The predicted molar refractivity (Wildman–Crippen MR) is 131 cm³/mol. The first-order valence-corrected chi connectivity index (χ1v) is 11.7. The zero-order chi connectivity index (χ0) is 23.7. The summed E-state index contributed by atoms with van der Waals surface area (Å²) in [5.41, 5.74) is 6.12. The number of rotatable bonds is 5. The van der Waals surface area contributed by atoms with Gasteiger partial charge in [-0.2, -0.15) is 5.10 Å². The third kappa shape index (κ3) is 4.17. The van der Waals surface area contributed by atoms with Gasteiger partial charge in [-0.25, -0.2) is 10.4 Å². The second kappa shape index (κ2) is 9.11. The normalized spacial score (nSPS) is 14.1. The lowest BCUT2D eigenvalue weighted by Gasteiger charge is -2.13. The molecule has 9 heteroatoms. The molecule has 0 saturated heterocycles. The smallest absolute Gasteiger partial charge is 0.293 e. The quantitative estimate of drug-likeness (QED) is 0.399. The Kier molecular flexibility index (Phi) is 5.85. The number of fused-ring (bicyclic) bond motifs is 2. The van der Waals surface area contributed by atoms with E-state index < -0.39 is 0 Å². The van der Waals surface area contributed by atoms with Gasteiger partial charge in [-0.15, -0.1) is 0 Å². The Hall–Kier alpha value is -3.98. The van der Waals surface area contributed by atoms with E-state index in [-0.39, 0.29) is 17.6 Å². The van der Waals surface area contributed by atoms with Crippen LogP contribution in [0, 0.1) is 6.92 Å². The van der Waals surface area contributed by atoms with E-state index in [0.29, 0.717) is 46.3 Å². The first kappa shape index (κ1) is 21.8. The number of nitrogens with zero attached hydrogens (tertiary/aromatic N) is 2.